The summed E-state index contributed by atoms with van der Waals surface area (Å²) in [6, 6.07) is 5.20. The lowest BCUT2D eigenvalue weighted by atomic mass is 9.88. The summed E-state index contributed by atoms with van der Waals surface area (Å²) in [7, 11) is 0. The summed E-state index contributed by atoms with van der Waals surface area (Å²) in [6.07, 6.45) is -4.52. The number of nitrogens with zero attached hydrogens (tertiary/aromatic N) is 1. The first-order valence-corrected chi connectivity index (χ1v) is 5.77. The van der Waals surface area contributed by atoms with Crippen molar-refractivity contribution < 1.29 is 17.9 Å². The Morgan fingerprint density at radius 2 is 2.11 bits per heavy atom. The molecule has 1 saturated heterocycles. The molecule has 0 aromatic heterocycles. The fraction of sp³-hybridized carbons (Fsp3) is 0.462. The molecule has 1 aliphatic heterocycles. The Balaban J connectivity index is 2.16. The molecule has 6 heteroatoms. The molecule has 3 nitrogen and oxygen atoms in total. The van der Waals surface area contributed by atoms with E-state index in [2.05, 4.69) is 5.32 Å². The summed E-state index contributed by atoms with van der Waals surface area (Å²) in [5, 5.41) is 11.7. The van der Waals surface area contributed by atoms with Crippen LogP contribution in [0.3, 0.4) is 0 Å². The van der Waals surface area contributed by atoms with Gasteiger partial charge in [0.15, 0.2) is 0 Å². The number of anilines is 1. The third kappa shape index (κ3) is 2.99. The van der Waals surface area contributed by atoms with Gasteiger partial charge in [-0.05, 0) is 18.2 Å². The van der Waals surface area contributed by atoms with Crippen LogP contribution in [0, 0.1) is 16.7 Å². The number of halogens is 3. The van der Waals surface area contributed by atoms with Crippen LogP contribution < -0.4 is 5.32 Å². The van der Waals surface area contributed by atoms with Gasteiger partial charge in [-0.1, -0.05) is 6.92 Å². The van der Waals surface area contributed by atoms with Crippen LogP contribution in [0.15, 0.2) is 18.2 Å². The van der Waals surface area contributed by atoms with Crippen LogP contribution >= 0.6 is 0 Å². The summed E-state index contributed by atoms with van der Waals surface area (Å²) in [5.41, 5.74) is -0.947. The van der Waals surface area contributed by atoms with Crippen LogP contribution in [0.4, 0.5) is 18.9 Å². The molecule has 2 rings (SSSR count). The largest absolute Gasteiger partial charge is 0.417 e. The highest BCUT2D eigenvalue weighted by Gasteiger charge is 2.35. The number of nitriles is 1. The van der Waals surface area contributed by atoms with Crippen molar-refractivity contribution in [1.82, 2.24) is 0 Å². The average Bonchev–Trinajstić information content (AvgIpc) is 2.32. The van der Waals surface area contributed by atoms with E-state index in [4.69, 9.17) is 10.00 Å². The van der Waals surface area contributed by atoms with Crippen LogP contribution in [-0.4, -0.2) is 19.8 Å². The lowest BCUT2D eigenvalue weighted by Crippen LogP contribution is -2.45. The molecule has 0 unspecified atom stereocenters. The summed E-state index contributed by atoms with van der Waals surface area (Å²) in [5.74, 6) is 0. The van der Waals surface area contributed by atoms with Crippen molar-refractivity contribution >= 4 is 5.69 Å². The van der Waals surface area contributed by atoms with Gasteiger partial charge in [-0.15, -0.1) is 0 Å². The second kappa shape index (κ2) is 4.74. The zero-order chi connectivity index (χ0) is 14.1. The second-order valence-electron chi connectivity index (χ2n) is 5.03. The van der Waals surface area contributed by atoms with Crippen LogP contribution in [0.5, 0.6) is 0 Å². The summed E-state index contributed by atoms with van der Waals surface area (Å²) in [4.78, 5) is 0. The van der Waals surface area contributed by atoms with Crippen LogP contribution in [0.25, 0.3) is 0 Å². The minimum atomic E-state index is -4.52. The monoisotopic (exact) mass is 270 g/mol. The van der Waals surface area contributed by atoms with Gasteiger partial charge in [0.2, 0.25) is 0 Å². The molecule has 0 bridgehead atoms. The second-order valence-corrected chi connectivity index (χ2v) is 5.03. The van der Waals surface area contributed by atoms with Crippen LogP contribution in [-0.2, 0) is 10.9 Å². The molecular formula is C13H13F3N2O. The minimum absolute atomic E-state index is 0.0354. The molecule has 1 aromatic carbocycles. The Kier molecular flexibility index (Phi) is 3.42. The predicted octanol–water partition coefficient (Wildman–Crippen LogP) is 3.03. The van der Waals surface area contributed by atoms with E-state index in [1.165, 1.54) is 12.1 Å². The van der Waals surface area contributed by atoms with Gasteiger partial charge in [-0.2, -0.15) is 18.4 Å². The molecule has 0 radical (unpaired) electrons. The van der Waals surface area contributed by atoms with E-state index in [0.717, 1.165) is 6.07 Å². The van der Waals surface area contributed by atoms with Crippen molar-refractivity contribution in [2.75, 3.05) is 25.1 Å². The molecule has 0 amide bonds. The van der Waals surface area contributed by atoms with Crippen molar-refractivity contribution in [3.63, 3.8) is 0 Å². The molecule has 1 aromatic rings. The zero-order valence-corrected chi connectivity index (χ0v) is 10.3. The highest BCUT2D eigenvalue weighted by molar-refractivity contribution is 5.53. The number of ether oxygens (including phenoxy) is 1. The van der Waals surface area contributed by atoms with E-state index in [0.29, 0.717) is 25.4 Å². The van der Waals surface area contributed by atoms with Crippen molar-refractivity contribution in [3.8, 4) is 6.07 Å². The first kappa shape index (κ1) is 13.7. The fourth-order valence-corrected chi connectivity index (χ4v) is 1.85. The highest BCUT2D eigenvalue weighted by Crippen LogP contribution is 2.34. The normalized spacial score (nSPS) is 17.4. The third-order valence-corrected chi connectivity index (χ3v) is 3.07. The van der Waals surface area contributed by atoms with Gasteiger partial charge in [0.1, 0.15) is 0 Å². The molecule has 0 saturated carbocycles. The molecule has 19 heavy (non-hydrogen) atoms. The van der Waals surface area contributed by atoms with Crippen LogP contribution in [0.1, 0.15) is 18.1 Å². The lowest BCUT2D eigenvalue weighted by molar-refractivity contribution is -0.137. The van der Waals surface area contributed by atoms with Crippen LogP contribution in [0.2, 0.25) is 0 Å². The highest BCUT2D eigenvalue weighted by atomic mass is 19.4. The average molecular weight is 270 g/mol. The first-order chi connectivity index (χ1) is 8.84. The Labute approximate surface area is 109 Å². The molecular weight excluding hydrogens is 257 g/mol. The summed E-state index contributed by atoms with van der Waals surface area (Å²) < 4.78 is 43.4. The number of hydrogen-bond donors (Lipinski definition) is 1. The van der Waals surface area contributed by atoms with E-state index >= 15 is 0 Å². The molecule has 1 heterocycles. The van der Waals surface area contributed by atoms with E-state index in [-0.39, 0.29) is 11.0 Å². The maximum absolute atomic E-state index is 12.8. The maximum atomic E-state index is 12.8. The number of alkyl halides is 3. The van der Waals surface area contributed by atoms with Gasteiger partial charge in [0, 0.05) is 17.6 Å². The first-order valence-electron chi connectivity index (χ1n) is 5.77. The van der Waals surface area contributed by atoms with Gasteiger partial charge in [-0.25, -0.2) is 0 Å². The van der Waals surface area contributed by atoms with Gasteiger partial charge in [-0.3, -0.25) is 0 Å². The Morgan fingerprint density at radius 3 is 2.58 bits per heavy atom. The standard InChI is InChI=1S/C13H13F3N2O/c1-12(7-19-8-12)6-18-10-3-2-9(5-17)11(4-10)13(14,15)16/h2-4,18H,6-8H2,1H3. The number of benzene rings is 1. The lowest BCUT2D eigenvalue weighted by Gasteiger charge is -2.38. The van der Waals surface area contributed by atoms with Gasteiger partial charge < -0.3 is 10.1 Å². The number of rotatable bonds is 3. The van der Waals surface area contributed by atoms with E-state index in [9.17, 15) is 13.2 Å². The fourth-order valence-electron chi connectivity index (χ4n) is 1.85. The van der Waals surface area contributed by atoms with Crippen molar-refractivity contribution in [2.24, 2.45) is 5.41 Å². The summed E-state index contributed by atoms with van der Waals surface area (Å²) in [6.45, 7) is 3.73. The summed E-state index contributed by atoms with van der Waals surface area (Å²) >= 11 is 0. The van der Waals surface area contributed by atoms with Crippen molar-refractivity contribution in [1.29, 1.82) is 5.26 Å². The number of hydrogen-bond acceptors (Lipinski definition) is 3. The molecule has 1 N–H and O–H groups in total. The van der Waals surface area contributed by atoms with Gasteiger partial charge in [0.05, 0.1) is 30.4 Å². The molecule has 0 spiro atoms. The molecule has 1 fully saturated rings. The Hall–Kier alpha value is -1.74. The zero-order valence-electron chi connectivity index (χ0n) is 10.3. The molecule has 102 valence electrons. The molecule has 0 aliphatic carbocycles. The molecule has 1 aliphatic rings. The van der Waals surface area contributed by atoms with E-state index < -0.39 is 11.7 Å². The van der Waals surface area contributed by atoms with E-state index in [1.807, 2.05) is 6.92 Å². The van der Waals surface area contributed by atoms with Crippen molar-refractivity contribution in [3.05, 3.63) is 29.3 Å². The number of nitrogens with one attached hydrogen (secondary N) is 1. The quantitative estimate of drug-likeness (QED) is 0.918. The SMILES string of the molecule is CC1(CNc2ccc(C#N)c(C(F)(F)F)c2)COC1. The minimum Gasteiger partial charge on any atom is -0.384 e. The smallest absolute Gasteiger partial charge is 0.384 e. The predicted molar refractivity (Wildman–Crippen MR) is 63.6 cm³/mol. The Morgan fingerprint density at radius 1 is 1.42 bits per heavy atom. The third-order valence-electron chi connectivity index (χ3n) is 3.07. The van der Waals surface area contributed by atoms with E-state index in [1.54, 1.807) is 6.07 Å². The van der Waals surface area contributed by atoms with Gasteiger partial charge >= 0.3 is 6.18 Å². The Bertz CT molecular complexity index is 516. The van der Waals surface area contributed by atoms with Crippen molar-refractivity contribution in [2.45, 2.75) is 13.1 Å². The molecule has 0 atom stereocenters. The van der Waals surface area contributed by atoms with Gasteiger partial charge in [0.25, 0.3) is 0 Å². The maximum Gasteiger partial charge on any atom is 0.417 e. The topological polar surface area (TPSA) is 45.0 Å².